The van der Waals surface area contributed by atoms with Gasteiger partial charge in [0.2, 0.25) is 0 Å². The standard InChI is InChI=1S/C15H25NO/c1-5-15(4,6-2)16-12-13-10-8-9-11-14(13)17-7-3/h8-11,16H,5-7,12H2,1-4H3. The molecule has 0 spiro atoms. The summed E-state index contributed by atoms with van der Waals surface area (Å²) < 4.78 is 5.63. The Balaban J connectivity index is 2.68. The lowest BCUT2D eigenvalue weighted by molar-refractivity contribution is 0.314. The molecule has 1 aromatic rings. The van der Waals surface area contributed by atoms with Crippen LogP contribution in [0.25, 0.3) is 0 Å². The van der Waals surface area contributed by atoms with Crippen molar-refractivity contribution in [3.8, 4) is 5.75 Å². The Hall–Kier alpha value is -1.02. The fraction of sp³-hybridized carbons (Fsp3) is 0.600. The summed E-state index contributed by atoms with van der Waals surface area (Å²) >= 11 is 0. The van der Waals surface area contributed by atoms with Crippen LogP contribution in [-0.4, -0.2) is 12.1 Å². The third-order valence-corrected chi connectivity index (χ3v) is 3.54. The highest BCUT2D eigenvalue weighted by molar-refractivity contribution is 5.33. The summed E-state index contributed by atoms with van der Waals surface area (Å²) in [6, 6.07) is 8.25. The first kappa shape index (κ1) is 14.0. The van der Waals surface area contributed by atoms with Crippen LogP contribution >= 0.6 is 0 Å². The predicted octanol–water partition coefficient (Wildman–Crippen LogP) is 3.75. The monoisotopic (exact) mass is 235 g/mol. The van der Waals surface area contributed by atoms with Crippen LogP contribution in [-0.2, 0) is 6.54 Å². The Kier molecular flexibility index (Phi) is 5.49. The van der Waals surface area contributed by atoms with Gasteiger partial charge in [0.25, 0.3) is 0 Å². The SMILES string of the molecule is CCOc1ccccc1CNC(C)(CC)CC. The van der Waals surface area contributed by atoms with Crippen LogP contribution in [0.1, 0.15) is 46.1 Å². The van der Waals surface area contributed by atoms with Crippen molar-refractivity contribution in [3.05, 3.63) is 29.8 Å². The average molecular weight is 235 g/mol. The highest BCUT2D eigenvalue weighted by Gasteiger charge is 2.18. The highest BCUT2D eigenvalue weighted by Crippen LogP contribution is 2.20. The maximum Gasteiger partial charge on any atom is 0.123 e. The molecule has 0 radical (unpaired) electrons. The topological polar surface area (TPSA) is 21.3 Å². The van der Waals surface area contributed by atoms with Crippen LogP contribution in [0.2, 0.25) is 0 Å². The Bertz CT molecular complexity index is 331. The van der Waals surface area contributed by atoms with E-state index in [1.54, 1.807) is 0 Å². The van der Waals surface area contributed by atoms with E-state index in [2.05, 4.69) is 38.2 Å². The van der Waals surface area contributed by atoms with Crippen LogP contribution < -0.4 is 10.1 Å². The van der Waals surface area contributed by atoms with Crippen LogP contribution in [0.5, 0.6) is 5.75 Å². The van der Waals surface area contributed by atoms with Gasteiger partial charge in [0.1, 0.15) is 5.75 Å². The molecule has 0 bridgehead atoms. The molecule has 0 saturated carbocycles. The first-order valence-corrected chi connectivity index (χ1v) is 6.61. The van der Waals surface area contributed by atoms with Gasteiger partial charge < -0.3 is 10.1 Å². The number of hydrogen-bond acceptors (Lipinski definition) is 2. The summed E-state index contributed by atoms with van der Waals surface area (Å²) in [4.78, 5) is 0. The quantitative estimate of drug-likeness (QED) is 0.777. The van der Waals surface area contributed by atoms with E-state index in [9.17, 15) is 0 Å². The lowest BCUT2D eigenvalue weighted by Gasteiger charge is -2.28. The Labute approximate surface area is 105 Å². The second kappa shape index (κ2) is 6.65. The maximum atomic E-state index is 5.63. The van der Waals surface area contributed by atoms with Crippen molar-refractivity contribution in [2.45, 2.75) is 52.6 Å². The molecule has 0 amide bonds. The first-order chi connectivity index (χ1) is 8.15. The van der Waals surface area contributed by atoms with E-state index in [1.165, 1.54) is 5.56 Å². The minimum atomic E-state index is 0.222. The third-order valence-electron chi connectivity index (χ3n) is 3.54. The average Bonchev–Trinajstić information content (AvgIpc) is 2.38. The van der Waals surface area contributed by atoms with Gasteiger partial charge in [-0.3, -0.25) is 0 Å². The van der Waals surface area contributed by atoms with E-state index in [-0.39, 0.29) is 5.54 Å². The Morgan fingerprint density at radius 2 is 1.76 bits per heavy atom. The molecule has 0 aliphatic carbocycles. The molecular weight excluding hydrogens is 210 g/mol. The summed E-state index contributed by atoms with van der Waals surface area (Å²) in [6.45, 7) is 10.3. The molecule has 0 fully saturated rings. The number of rotatable bonds is 7. The fourth-order valence-corrected chi connectivity index (χ4v) is 1.75. The molecule has 1 N–H and O–H groups in total. The maximum absolute atomic E-state index is 5.63. The van der Waals surface area contributed by atoms with Crippen molar-refractivity contribution in [3.63, 3.8) is 0 Å². The molecule has 0 aliphatic rings. The molecular formula is C15H25NO. The molecule has 96 valence electrons. The molecule has 0 saturated heterocycles. The number of hydrogen-bond donors (Lipinski definition) is 1. The van der Waals surface area contributed by atoms with Gasteiger partial charge in [-0.2, -0.15) is 0 Å². The summed E-state index contributed by atoms with van der Waals surface area (Å²) in [5.74, 6) is 0.997. The fourth-order valence-electron chi connectivity index (χ4n) is 1.75. The van der Waals surface area contributed by atoms with Gasteiger partial charge in [0.05, 0.1) is 6.61 Å². The normalized spacial score (nSPS) is 11.5. The molecule has 0 aromatic heterocycles. The molecule has 0 unspecified atom stereocenters. The van der Waals surface area contributed by atoms with Crippen molar-refractivity contribution in [1.82, 2.24) is 5.32 Å². The van der Waals surface area contributed by atoms with Crippen LogP contribution in [0.4, 0.5) is 0 Å². The second-order valence-corrected chi connectivity index (χ2v) is 4.66. The van der Waals surface area contributed by atoms with Crippen molar-refractivity contribution in [2.24, 2.45) is 0 Å². The molecule has 2 nitrogen and oxygen atoms in total. The van der Waals surface area contributed by atoms with Gasteiger partial charge in [0.15, 0.2) is 0 Å². The van der Waals surface area contributed by atoms with Crippen molar-refractivity contribution in [1.29, 1.82) is 0 Å². The highest BCUT2D eigenvalue weighted by atomic mass is 16.5. The smallest absolute Gasteiger partial charge is 0.123 e. The summed E-state index contributed by atoms with van der Waals surface area (Å²) in [5.41, 5.74) is 1.46. The van der Waals surface area contributed by atoms with E-state index in [0.717, 1.165) is 31.7 Å². The zero-order valence-electron chi connectivity index (χ0n) is 11.5. The Morgan fingerprint density at radius 1 is 1.12 bits per heavy atom. The zero-order chi connectivity index (χ0) is 12.7. The molecule has 0 aliphatic heterocycles. The predicted molar refractivity (Wildman–Crippen MR) is 73.4 cm³/mol. The Morgan fingerprint density at radius 3 is 2.35 bits per heavy atom. The number of nitrogens with one attached hydrogen (secondary N) is 1. The lowest BCUT2D eigenvalue weighted by Crippen LogP contribution is -2.40. The number of ether oxygens (including phenoxy) is 1. The summed E-state index contributed by atoms with van der Waals surface area (Å²) in [6.07, 6.45) is 2.28. The van der Waals surface area contributed by atoms with Crippen molar-refractivity contribution in [2.75, 3.05) is 6.61 Å². The van der Waals surface area contributed by atoms with Gasteiger partial charge >= 0.3 is 0 Å². The molecule has 2 heteroatoms. The largest absolute Gasteiger partial charge is 0.494 e. The minimum absolute atomic E-state index is 0.222. The molecule has 0 atom stereocenters. The van der Waals surface area contributed by atoms with E-state index < -0.39 is 0 Å². The minimum Gasteiger partial charge on any atom is -0.494 e. The summed E-state index contributed by atoms with van der Waals surface area (Å²) in [7, 11) is 0. The molecule has 1 aromatic carbocycles. The van der Waals surface area contributed by atoms with Gasteiger partial charge in [-0.05, 0) is 32.8 Å². The lowest BCUT2D eigenvalue weighted by atomic mass is 9.95. The molecule has 0 heterocycles. The van der Waals surface area contributed by atoms with Crippen LogP contribution in [0.15, 0.2) is 24.3 Å². The molecule has 1 rings (SSSR count). The van der Waals surface area contributed by atoms with Crippen LogP contribution in [0, 0.1) is 0 Å². The van der Waals surface area contributed by atoms with E-state index >= 15 is 0 Å². The van der Waals surface area contributed by atoms with E-state index in [4.69, 9.17) is 4.74 Å². The molecule has 17 heavy (non-hydrogen) atoms. The zero-order valence-corrected chi connectivity index (χ0v) is 11.5. The third kappa shape index (κ3) is 4.04. The van der Waals surface area contributed by atoms with Crippen molar-refractivity contribution < 1.29 is 4.74 Å². The van der Waals surface area contributed by atoms with Crippen molar-refractivity contribution >= 4 is 0 Å². The van der Waals surface area contributed by atoms with E-state index in [0.29, 0.717) is 0 Å². The first-order valence-electron chi connectivity index (χ1n) is 6.61. The van der Waals surface area contributed by atoms with Gasteiger partial charge in [-0.25, -0.2) is 0 Å². The van der Waals surface area contributed by atoms with E-state index in [1.807, 2.05) is 19.1 Å². The number of para-hydroxylation sites is 1. The number of benzene rings is 1. The second-order valence-electron chi connectivity index (χ2n) is 4.66. The van der Waals surface area contributed by atoms with Gasteiger partial charge in [-0.1, -0.05) is 32.0 Å². The van der Waals surface area contributed by atoms with Gasteiger partial charge in [0, 0.05) is 17.6 Å². The summed E-state index contributed by atoms with van der Waals surface area (Å²) in [5, 5.41) is 3.63. The van der Waals surface area contributed by atoms with Gasteiger partial charge in [-0.15, -0.1) is 0 Å². The van der Waals surface area contributed by atoms with Crippen LogP contribution in [0.3, 0.4) is 0 Å².